The van der Waals surface area contributed by atoms with Crippen molar-refractivity contribution in [2.45, 2.75) is 20.1 Å². The average molecular weight is 142 g/mol. The normalized spacial score (nSPS) is 9.60. The summed E-state index contributed by atoms with van der Waals surface area (Å²) in [6, 6.07) is 0. The Morgan fingerprint density at radius 1 is 1.10 bits per heavy atom. The highest BCUT2D eigenvalue weighted by molar-refractivity contribution is 4.61. The molecule has 2 heteroatoms. The monoisotopic (exact) mass is 142 g/mol. The molecule has 0 aromatic carbocycles. The maximum absolute atomic E-state index is 5.01. The zero-order valence-electron chi connectivity index (χ0n) is 6.54. The van der Waals surface area contributed by atoms with E-state index in [0.29, 0.717) is 5.92 Å². The van der Waals surface area contributed by atoms with E-state index in [-0.39, 0.29) is 6.29 Å². The van der Waals surface area contributed by atoms with Crippen LogP contribution in [0.25, 0.3) is 0 Å². The fraction of sp³-hybridized carbons (Fsp3) is 0.500. The van der Waals surface area contributed by atoms with Crippen molar-refractivity contribution in [1.29, 1.82) is 0 Å². The molecule has 0 atom stereocenters. The Hall–Kier alpha value is -0.920. The van der Waals surface area contributed by atoms with Crippen molar-refractivity contribution < 1.29 is 9.47 Å². The van der Waals surface area contributed by atoms with Crippen LogP contribution in [0.3, 0.4) is 0 Å². The molecule has 0 aliphatic heterocycles. The van der Waals surface area contributed by atoms with Gasteiger partial charge in [-0.3, -0.25) is 0 Å². The van der Waals surface area contributed by atoms with Gasteiger partial charge in [0, 0.05) is 5.92 Å². The van der Waals surface area contributed by atoms with Crippen molar-refractivity contribution in [3.8, 4) is 0 Å². The summed E-state index contributed by atoms with van der Waals surface area (Å²) in [6.07, 6.45) is 2.48. The number of ether oxygens (including phenoxy) is 2. The van der Waals surface area contributed by atoms with E-state index in [2.05, 4.69) is 13.2 Å². The Kier molecular flexibility index (Phi) is 4.46. The number of hydrogen-bond acceptors (Lipinski definition) is 2. The van der Waals surface area contributed by atoms with E-state index in [1.807, 2.05) is 13.8 Å². The molecule has 0 saturated heterocycles. The molecule has 0 aromatic heterocycles. The third-order valence-electron chi connectivity index (χ3n) is 1.01. The Balaban J connectivity index is 3.70. The third kappa shape index (κ3) is 3.17. The minimum Gasteiger partial charge on any atom is -0.463 e. The van der Waals surface area contributed by atoms with Crippen molar-refractivity contribution in [1.82, 2.24) is 0 Å². The van der Waals surface area contributed by atoms with Gasteiger partial charge >= 0.3 is 0 Å². The van der Waals surface area contributed by atoms with Crippen LogP contribution in [0, 0.1) is 5.92 Å². The summed E-state index contributed by atoms with van der Waals surface area (Å²) < 4.78 is 10.0. The van der Waals surface area contributed by atoms with E-state index in [0.717, 1.165) is 0 Å². The molecule has 0 unspecified atom stereocenters. The SMILES string of the molecule is C=COC(OC=C)C(C)C. The Morgan fingerprint density at radius 3 is 1.70 bits per heavy atom. The summed E-state index contributed by atoms with van der Waals surface area (Å²) in [7, 11) is 0. The first-order valence-corrected chi connectivity index (χ1v) is 3.25. The van der Waals surface area contributed by atoms with E-state index in [4.69, 9.17) is 9.47 Å². The van der Waals surface area contributed by atoms with E-state index in [1.54, 1.807) is 0 Å². The van der Waals surface area contributed by atoms with Crippen LogP contribution in [0.2, 0.25) is 0 Å². The van der Waals surface area contributed by atoms with Gasteiger partial charge in [0.15, 0.2) is 0 Å². The molecule has 0 rings (SSSR count). The molecular formula is C8H14O2. The second kappa shape index (κ2) is 4.91. The molecule has 10 heavy (non-hydrogen) atoms. The molecule has 58 valence electrons. The smallest absolute Gasteiger partial charge is 0.241 e. The van der Waals surface area contributed by atoms with Crippen LogP contribution in [0.5, 0.6) is 0 Å². The van der Waals surface area contributed by atoms with Crippen LogP contribution < -0.4 is 0 Å². The highest BCUT2D eigenvalue weighted by Gasteiger charge is 2.11. The van der Waals surface area contributed by atoms with Gasteiger partial charge in [0.25, 0.3) is 0 Å². The van der Waals surface area contributed by atoms with Gasteiger partial charge < -0.3 is 9.47 Å². The summed E-state index contributed by atoms with van der Waals surface area (Å²) in [5.74, 6) is 0.302. The fourth-order valence-electron chi connectivity index (χ4n) is 0.536. The van der Waals surface area contributed by atoms with Crippen molar-refractivity contribution in [3.05, 3.63) is 25.7 Å². The standard InChI is InChI=1S/C8H14O2/c1-5-9-8(7(3)4)10-6-2/h5-8H,1-2H2,3-4H3. The molecule has 0 amide bonds. The van der Waals surface area contributed by atoms with E-state index >= 15 is 0 Å². The first-order valence-electron chi connectivity index (χ1n) is 3.25. The van der Waals surface area contributed by atoms with Crippen LogP contribution in [-0.4, -0.2) is 6.29 Å². The summed E-state index contributed by atoms with van der Waals surface area (Å²) in [5.41, 5.74) is 0. The first-order chi connectivity index (χ1) is 4.72. The summed E-state index contributed by atoms with van der Waals surface area (Å²) in [5, 5.41) is 0. The van der Waals surface area contributed by atoms with Gasteiger partial charge in [0.1, 0.15) is 0 Å². The van der Waals surface area contributed by atoms with Gasteiger partial charge in [-0.1, -0.05) is 27.0 Å². The second-order valence-electron chi connectivity index (χ2n) is 2.22. The van der Waals surface area contributed by atoms with Crippen LogP contribution in [0.15, 0.2) is 25.7 Å². The number of rotatable bonds is 5. The quantitative estimate of drug-likeness (QED) is 0.433. The van der Waals surface area contributed by atoms with Crippen molar-refractivity contribution >= 4 is 0 Å². The third-order valence-corrected chi connectivity index (χ3v) is 1.01. The molecule has 0 aromatic rings. The molecule has 2 nitrogen and oxygen atoms in total. The highest BCUT2D eigenvalue weighted by Crippen LogP contribution is 2.07. The lowest BCUT2D eigenvalue weighted by Gasteiger charge is -2.18. The molecule has 0 fully saturated rings. The van der Waals surface area contributed by atoms with Gasteiger partial charge in [0.05, 0.1) is 12.5 Å². The molecule has 0 bridgehead atoms. The van der Waals surface area contributed by atoms with Gasteiger partial charge in [-0.2, -0.15) is 0 Å². The molecule has 0 radical (unpaired) electrons. The summed E-state index contributed by atoms with van der Waals surface area (Å²) in [4.78, 5) is 0. The predicted molar refractivity (Wildman–Crippen MR) is 41.2 cm³/mol. The minimum atomic E-state index is -0.255. The van der Waals surface area contributed by atoms with Crippen LogP contribution in [-0.2, 0) is 9.47 Å². The largest absolute Gasteiger partial charge is 0.463 e. The molecule has 0 aliphatic carbocycles. The van der Waals surface area contributed by atoms with Crippen molar-refractivity contribution in [2.75, 3.05) is 0 Å². The van der Waals surface area contributed by atoms with E-state index in [9.17, 15) is 0 Å². The maximum atomic E-state index is 5.01. The summed E-state index contributed by atoms with van der Waals surface area (Å²) >= 11 is 0. The van der Waals surface area contributed by atoms with Crippen LogP contribution >= 0.6 is 0 Å². The second-order valence-corrected chi connectivity index (χ2v) is 2.22. The zero-order chi connectivity index (χ0) is 7.98. The molecule has 0 heterocycles. The van der Waals surface area contributed by atoms with Crippen molar-refractivity contribution in [2.24, 2.45) is 5.92 Å². The van der Waals surface area contributed by atoms with Gasteiger partial charge in [-0.05, 0) is 0 Å². The molecule has 0 N–H and O–H groups in total. The lowest BCUT2D eigenvalue weighted by molar-refractivity contribution is -0.0905. The van der Waals surface area contributed by atoms with E-state index < -0.39 is 0 Å². The highest BCUT2D eigenvalue weighted by atomic mass is 16.7. The average Bonchev–Trinajstić information content (AvgIpc) is 1.87. The first kappa shape index (κ1) is 9.08. The fourth-order valence-corrected chi connectivity index (χ4v) is 0.536. The lowest BCUT2D eigenvalue weighted by Crippen LogP contribution is -2.18. The molecule has 0 spiro atoms. The molecule has 0 aliphatic rings. The Labute approximate surface area is 62.1 Å². The molecule has 0 saturated carbocycles. The van der Waals surface area contributed by atoms with Crippen LogP contribution in [0.1, 0.15) is 13.8 Å². The Bertz CT molecular complexity index is 97.8. The minimum absolute atomic E-state index is 0.255. The van der Waals surface area contributed by atoms with Gasteiger partial charge in [-0.25, -0.2) is 0 Å². The molecular weight excluding hydrogens is 128 g/mol. The van der Waals surface area contributed by atoms with Crippen molar-refractivity contribution in [3.63, 3.8) is 0 Å². The topological polar surface area (TPSA) is 18.5 Å². The van der Waals surface area contributed by atoms with Gasteiger partial charge in [-0.15, -0.1) is 0 Å². The lowest BCUT2D eigenvalue weighted by atomic mass is 10.2. The predicted octanol–water partition coefficient (Wildman–Crippen LogP) is 2.29. The zero-order valence-corrected chi connectivity index (χ0v) is 6.54. The van der Waals surface area contributed by atoms with E-state index in [1.165, 1.54) is 12.5 Å². The van der Waals surface area contributed by atoms with Gasteiger partial charge in [0.2, 0.25) is 6.29 Å². The maximum Gasteiger partial charge on any atom is 0.241 e. The Morgan fingerprint density at radius 2 is 1.50 bits per heavy atom. The van der Waals surface area contributed by atoms with Crippen LogP contribution in [0.4, 0.5) is 0 Å². The number of hydrogen-bond donors (Lipinski definition) is 0. The summed E-state index contributed by atoms with van der Waals surface area (Å²) in [6.45, 7) is 10.9.